The van der Waals surface area contributed by atoms with Crippen molar-refractivity contribution in [1.29, 1.82) is 0 Å². The summed E-state index contributed by atoms with van der Waals surface area (Å²) in [5.74, 6) is 0. The zero-order valence-corrected chi connectivity index (χ0v) is 9.69. The van der Waals surface area contributed by atoms with Crippen molar-refractivity contribution in [3.05, 3.63) is 0 Å². The van der Waals surface area contributed by atoms with Crippen molar-refractivity contribution in [3.8, 4) is 0 Å². The van der Waals surface area contributed by atoms with Crippen molar-refractivity contribution in [2.24, 2.45) is 0 Å². The van der Waals surface area contributed by atoms with E-state index in [-0.39, 0.29) is 53.1 Å². The van der Waals surface area contributed by atoms with Gasteiger partial charge in [0.15, 0.2) is 0 Å². The van der Waals surface area contributed by atoms with E-state index in [0.717, 1.165) is 0 Å². The first-order valence-corrected chi connectivity index (χ1v) is 2.77. The molecule has 0 saturated heterocycles. The van der Waals surface area contributed by atoms with E-state index >= 15 is 0 Å². The second-order valence-electron chi connectivity index (χ2n) is 0.733. The van der Waals surface area contributed by atoms with E-state index in [0.29, 0.717) is 6.26 Å². The average molecular weight is 423 g/mol. The topological polar surface area (TPSA) is 54.4 Å². The summed E-state index contributed by atoms with van der Waals surface area (Å²) in [5.41, 5.74) is 0. The Labute approximate surface area is 81.6 Å². The summed E-state index contributed by atoms with van der Waals surface area (Å²) in [7, 11) is -3.67. The molecule has 0 aromatic carbocycles. The van der Waals surface area contributed by atoms with Crippen molar-refractivity contribution in [1.82, 2.24) is 0 Å². The van der Waals surface area contributed by atoms with Gasteiger partial charge in [0, 0.05) is 0 Å². The van der Waals surface area contributed by atoms with Gasteiger partial charge in [-0.1, -0.05) is 0 Å². The van der Waals surface area contributed by atoms with Crippen LogP contribution in [0.3, 0.4) is 0 Å². The molecule has 2 radical (unpaired) electrons. The van der Waals surface area contributed by atoms with E-state index in [1.807, 2.05) is 0 Å². The summed E-state index contributed by atoms with van der Waals surface area (Å²) < 4.78 is 25.9. The molecule has 0 aliphatic heterocycles. The van der Waals surface area contributed by atoms with Gasteiger partial charge < -0.3 is 0 Å². The summed E-state index contributed by atoms with van der Waals surface area (Å²) in [6.07, 6.45) is 0.715. The monoisotopic (exact) mass is 424 g/mol. The van der Waals surface area contributed by atoms with Crippen LogP contribution in [-0.4, -0.2) is 72.4 Å². The molecule has 0 aromatic rings. The molecule has 1 N–H and O–H groups in total. The first-order valence-electron chi connectivity index (χ1n) is 0.924. The van der Waals surface area contributed by atoms with Crippen LogP contribution in [0.15, 0.2) is 0 Å². The predicted molar refractivity (Wildman–Crippen MR) is 36.0 cm³/mol. The summed E-state index contributed by atoms with van der Waals surface area (Å²) in [4.78, 5) is 0. The van der Waals surface area contributed by atoms with Gasteiger partial charge >= 0.3 is 53.1 Å². The van der Waals surface area contributed by atoms with Crippen LogP contribution >= 0.6 is 0 Å². The molecule has 3 nitrogen and oxygen atoms in total. The Bertz CT molecular complexity index is 98.1. The maximum atomic E-state index is 9.19. The Morgan fingerprint density at radius 3 is 1.43 bits per heavy atom. The van der Waals surface area contributed by atoms with Crippen molar-refractivity contribution in [2.45, 2.75) is 0 Å². The quantitative estimate of drug-likeness (QED) is 0.344. The third-order valence-electron chi connectivity index (χ3n) is 0. The van der Waals surface area contributed by atoms with Crippen molar-refractivity contribution in [2.75, 3.05) is 6.26 Å². The fraction of sp³-hybridized carbons (Fsp3) is 1.00. The molecule has 7 heavy (non-hydrogen) atoms. The molecule has 0 aliphatic rings. The number of hydrogen-bond acceptors (Lipinski definition) is 2. The van der Waals surface area contributed by atoms with Crippen LogP contribution in [-0.2, 0) is 10.1 Å². The van der Waals surface area contributed by atoms with Crippen molar-refractivity contribution in [3.63, 3.8) is 0 Å². The van der Waals surface area contributed by atoms with E-state index in [1.165, 1.54) is 0 Å². The Balaban J connectivity index is -0.0000000800. The van der Waals surface area contributed by atoms with Crippen LogP contribution in [0.5, 0.6) is 0 Å². The molecule has 0 amide bonds. The zero-order chi connectivity index (χ0) is 4.50. The average Bonchev–Trinajstić information content (AvgIpc) is 0.722. The van der Waals surface area contributed by atoms with Crippen LogP contribution in [0.4, 0.5) is 0 Å². The molecular weight excluding hydrogens is 414 g/mol. The van der Waals surface area contributed by atoms with Crippen LogP contribution in [0.1, 0.15) is 0 Å². The first-order chi connectivity index (χ1) is 2.00. The summed E-state index contributed by atoms with van der Waals surface area (Å²) in [6, 6.07) is 0. The van der Waals surface area contributed by atoms with Gasteiger partial charge in [-0.05, 0) is 0 Å². The van der Waals surface area contributed by atoms with E-state index in [2.05, 4.69) is 0 Å². The SMILES string of the molecule is CS(=O)(=O)O.[InH3].[PbH2]. The summed E-state index contributed by atoms with van der Waals surface area (Å²) in [6.45, 7) is 0. The van der Waals surface area contributed by atoms with Gasteiger partial charge in [-0.15, -0.1) is 0 Å². The van der Waals surface area contributed by atoms with E-state index < -0.39 is 10.1 Å². The molecule has 0 fully saturated rings. The third-order valence-corrected chi connectivity index (χ3v) is 0. The normalized spacial score (nSPS) is 8.29. The Kier molecular flexibility index (Phi) is 13.2. The molecule has 44 valence electrons. The minimum absolute atomic E-state index is 0. The number of hydrogen-bond donors (Lipinski definition) is 1. The zero-order valence-electron chi connectivity index (χ0n) is 3.38. The van der Waals surface area contributed by atoms with Crippen molar-refractivity contribution < 1.29 is 13.0 Å². The van der Waals surface area contributed by atoms with Gasteiger partial charge in [0.25, 0.3) is 10.1 Å². The molecule has 0 aromatic heterocycles. The van der Waals surface area contributed by atoms with Gasteiger partial charge in [-0.2, -0.15) is 8.42 Å². The fourth-order valence-corrected chi connectivity index (χ4v) is 0. The Morgan fingerprint density at radius 1 is 1.43 bits per heavy atom. The van der Waals surface area contributed by atoms with Gasteiger partial charge in [0.2, 0.25) is 0 Å². The molecule has 0 heterocycles. The minimum atomic E-state index is -3.67. The maximum absolute atomic E-state index is 9.19. The summed E-state index contributed by atoms with van der Waals surface area (Å²) >= 11 is 0. The molecule has 0 atom stereocenters. The van der Waals surface area contributed by atoms with Gasteiger partial charge in [0.1, 0.15) is 0 Å². The fourth-order valence-electron chi connectivity index (χ4n) is 0. The molecule has 6 heteroatoms. The third kappa shape index (κ3) is 86.4. The standard InChI is InChI=1S/CH4O3S.In.Pb.5H/c1-5(2,3)4;;;;;;;/h1H3,(H,2,3,4);;;;;;;. The van der Waals surface area contributed by atoms with Gasteiger partial charge in [0.05, 0.1) is 6.26 Å². The Morgan fingerprint density at radius 2 is 1.43 bits per heavy atom. The predicted octanol–water partition coefficient (Wildman–Crippen LogP) is -2.60. The van der Waals surface area contributed by atoms with Gasteiger partial charge in [-0.25, -0.2) is 0 Å². The van der Waals surface area contributed by atoms with Crippen LogP contribution in [0.25, 0.3) is 0 Å². The second kappa shape index (κ2) is 5.83. The van der Waals surface area contributed by atoms with E-state index in [4.69, 9.17) is 4.55 Å². The molecule has 0 saturated carbocycles. The molecule has 0 bridgehead atoms. The van der Waals surface area contributed by atoms with Crippen molar-refractivity contribution >= 4 is 63.3 Å². The summed E-state index contributed by atoms with van der Waals surface area (Å²) in [5, 5.41) is 0. The molecular formula is CH9InO3PbS. The molecule has 0 spiro atoms. The molecule has 0 aliphatic carbocycles. The van der Waals surface area contributed by atoms with E-state index in [1.54, 1.807) is 0 Å². The van der Waals surface area contributed by atoms with E-state index in [9.17, 15) is 8.42 Å². The van der Waals surface area contributed by atoms with Gasteiger partial charge in [-0.3, -0.25) is 4.55 Å². The number of rotatable bonds is 0. The van der Waals surface area contributed by atoms with Crippen LogP contribution < -0.4 is 0 Å². The molecule has 0 unspecified atom stereocenters. The second-order valence-corrected chi connectivity index (χ2v) is 2.20. The van der Waals surface area contributed by atoms with Crippen LogP contribution in [0.2, 0.25) is 0 Å². The Hall–Kier alpha value is 1.70. The molecule has 0 rings (SSSR count). The first kappa shape index (κ1) is 15.9. The van der Waals surface area contributed by atoms with Crippen LogP contribution in [0, 0.1) is 0 Å².